The van der Waals surface area contributed by atoms with Gasteiger partial charge in [-0.15, -0.1) is 0 Å². The second-order valence-corrected chi connectivity index (χ2v) is 2.71. The van der Waals surface area contributed by atoms with E-state index >= 15 is 0 Å². The molecule has 1 unspecified atom stereocenters. The van der Waals surface area contributed by atoms with Crippen LogP contribution in [0.25, 0.3) is 0 Å². The minimum atomic E-state index is -0.154. The summed E-state index contributed by atoms with van der Waals surface area (Å²) in [6.07, 6.45) is 0.723. The van der Waals surface area contributed by atoms with Crippen LogP contribution in [0.5, 0.6) is 0 Å². The van der Waals surface area contributed by atoms with Crippen LogP contribution in [0.15, 0.2) is 24.3 Å². The minimum Gasteiger partial charge on any atom is -0.207 e. The predicted molar refractivity (Wildman–Crippen MR) is 45.1 cm³/mol. The Morgan fingerprint density at radius 3 is 2.91 bits per heavy atom. The van der Waals surface area contributed by atoms with Crippen LogP contribution in [-0.2, 0) is 0 Å². The van der Waals surface area contributed by atoms with Crippen molar-refractivity contribution in [3.05, 3.63) is 35.6 Å². The lowest BCUT2D eigenvalue weighted by Crippen LogP contribution is -1.94. The Labute approximate surface area is 68.5 Å². The second kappa shape index (κ2) is 3.51. The maximum absolute atomic E-state index is 13.1. The van der Waals surface area contributed by atoms with Gasteiger partial charge in [0.15, 0.2) is 0 Å². The average Bonchev–Trinajstić information content (AvgIpc) is 2.05. The first kappa shape index (κ1) is 6.84. The van der Waals surface area contributed by atoms with E-state index in [-0.39, 0.29) is 11.7 Å². The van der Waals surface area contributed by atoms with Crippen LogP contribution >= 0.6 is 0 Å². The second-order valence-electron chi connectivity index (χ2n) is 2.71. The topological polar surface area (TPSA) is 0 Å². The molecule has 0 radical (unpaired) electrons. The van der Waals surface area contributed by atoms with Crippen LogP contribution in [0, 0.1) is 5.82 Å². The molecule has 0 spiro atoms. The van der Waals surface area contributed by atoms with Crippen molar-refractivity contribution in [2.24, 2.45) is 0 Å². The molecular formula is C10H13F. The van der Waals surface area contributed by atoms with Gasteiger partial charge in [-0.05, 0) is 24.0 Å². The molecule has 0 fully saturated rings. The van der Waals surface area contributed by atoms with Gasteiger partial charge in [-0.3, -0.25) is 0 Å². The molecule has 1 heteroatoms. The van der Waals surface area contributed by atoms with Gasteiger partial charge in [0.25, 0.3) is 0 Å². The zero-order valence-corrected chi connectivity index (χ0v) is 6.68. The highest BCUT2D eigenvalue weighted by molar-refractivity contribution is 5.20. The molecule has 0 saturated carbocycles. The fourth-order valence-corrected chi connectivity index (χ4v) is 1.03. The average molecular weight is 153 g/mol. The molecule has 0 heterocycles. The normalized spacial score (nSPS) is 14.2. The molecule has 1 aromatic carbocycles. The van der Waals surface area contributed by atoms with Crippen molar-refractivity contribution in [1.29, 1.82) is 0 Å². The van der Waals surface area contributed by atoms with E-state index < -0.39 is 0 Å². The molecule has 60 valence electrons. The molecule has 0 aliphatic heterocycles. The molecule has 0 saturated heterocycles. The molecule has 11 heavy (non-hydrogen) atoms. The van der Waals surface area contributed by atoms with E-state index in [1.807, 2.05) is 13.0 Å². The van der Waals surface area contributed by atoms with Gasteiger partial charge in [0.1, 0.15) is 5.82 Å². The smallest absolute Gasteiger partial charge is 0.126 e. The van der Waals surface area contributed by atoms with E-state index in [1.54, 1.807) is 12.1 Å². The zero-order chi connectivity index (χ0) is 8.97. The van der Waals surface area contributed by atoms with Crippen molar-refractivity contribution in [1.82, 2.24) is 0 Å². The summed E-state index contributed by atoms with van der Waals surface area (Å²) in [5.74, 6) is 0.00199. The van der Waals surface area contributed by atoms with Crippen molar-refractivity contribution < 1.29 is 5.76 Å². The lowest BCUT2D eigenvalue weighted by Gasteiger charge is -2.08. The van der Waals surface area contributed by atoms with Crippen molar-refractivity contribution in [3.8, 4) is 0 Å². The van der Waals surface area contributed by atoms with E-state index in [4.69, 9.17) is 1.37 Å². The number of halogens is 1. The fraction of sp³-hybridized carbons (Fsp3) is 0.400. The monoisotopic (exact) mass is 153 g/mol. The first-order valence-electron chi connectivity index (χ1n) is 4.50. The van der Waals surface area contributed by atoms with Gasteiger partial charge < -0.3 is 0 Å². The SMILES string of the molecule is [2H]CCC(C)c1ccccc1F. The van der Waals surface area contributed by atoms with Crippen molar-refractivity contribution in [2.45, 2.75) is 26.2 Å². The molecule has 1 atom stereocenters. The van der Waals surface area contributed by atoms with Crippen LogP contribution in [0.3, 0.4) is 0 Å². The van der Waals surface area contributed by atoms with Crippen LogP contribution in [0.2, 0.25) is 0 Å². The third-order valence-electron chi connectivity index (χ3n) is 1.87. The quantitative estimate of drug-likeness (QED) is 0.611. The number of hydrogen-bond acceptors (Lipinski definition) is 0. The van der Waals surface area contributed by atoms with E-state index in [0.29, 0.717) is 6.90 Å². The zero-order valence-electron chi connectivity index (χ0n) is 7.68. The van der Waals surface area contributed by atoms with Crippen molar-refractivity contribution in [3.63, 3.8) is 0 Å². The van der Waals surface area contributed by atoms with Gasteiger partial charge in [0.05, 0.1) is 0 Å². The van der Waals surface area contributed by atoms with Crippen LogP contribution in [0.1, 0.15) is 33.1 Å². The molecular weight excluding hydrogens is 139 g/mol. The summed E-state index contributed by atoms with van der Waals surface area (Å²) < 4.78 is 20.1. The van der Waals surface area contributed by atoms with E-state index in [1.165, 1.54) is 6.07 Å². The highest BCUT2D eigenvalue weighted by Crippen LogP contribution is 2.20. The molecule has 0 aromatic heterocycles. The molecule has 0 nitrogen and oxygen atoms in total. The van der Waals surface area contributed by atoms with E-state index in [9.17, 15) is 4.39 Å². The molecule has 0 aliphatic rings. The van der Waals surface area contributed by atoms with Gasteiger partial charge in [-0.25, -0.2) is 4.39 Å². The first-order chi connectivity index (χ1) is 5.75. The lowest BCUT2D eigenvalue weighted by molar-refractivity contribution is 0.584. The summed E-state index contributed by atoms with van der Waals surface area (Å²) in [4.78, 5) is 0. The molecule has 1 rings (SSSR count). The highest BCUT2D eigenvalue weighted by Gasteiger charge is 2.06. The summed E-state index contributed by atoms with van der Waals surface area (Å²) in [6, 6.07) is 6.77. The van der Waals surface area contributed by atoms with Crippen molar-refractivity contribution in [2.75, 3.05) is 0 Å². The Morgan fingerprint density at radius 1 is 1.55 bits per heavy atom. The fourth-order valence-electron chi connectivity index (χ4n) is 1.03. The molecule has 0 amide bonds. The molecule has 0 N–H and O–H groups in total. The Kier molecular flexibility index (Phi) is 2.18. The van der Waals surface area contributed by atoms with Gasteiger partial charge in [0, 0.05) is 1.37 Å². The third kappa shape index (κ3) is 1.79. The van der Waals surface area contributed by atoms with E-state index in [2.05, 4.69) is 0 Å². The Bertz CT molecular complexity index is 247. The number of benzene rings is 1. The largest absolute Gasteiger partial charge is 0.207 e. The summed E-state index contributed by atoms with van der Waals surface area (Å²) in [5, 5.41) is 0. The van der Waals surface area contributed by atoms with Crippen LogP contribution in [-0.4, -0.2) is 0 Å². The Morgan fingerprint density at radius 2 is 2.27 bits per heavy atom. The van der Waals surface area contributed by atoms with Crippen LogP contribution in [0.4, 0.5) is 4.39 Å². The van der Waals surface area contributed by atoms with Gasteiger partial charge in [-0.2, -0.15) is 0 Å². The first-order valence-corrected chi connectivity index (χ1v) is 3.79. The standard InChI is InChI=1S/C10H13F/c1-3-8(2)9-6-4-5-7-10(9)11/h4-8H,3H2,1-2H3/i1D. The predicted octanol–water partition coefficient (Wildman–Crippen LogP) is 3.34. The minimum absolute atomic E-state index is 0.154. The lowest BCUT2D eigenvalue weighted by atomic mass is 9.98. The summed E-state index contributed by atoms with van der Waals surface area (Å²) in [7, 11) is 0. The molecule has 1 aromatic rings. The highest BCUT2D eigenvalue weighted by atomic mass is 19.1. The molecule has 0 aliphatic carbocycles. The maximum Gasteiger partial charge on any atom is 0.126 e. The van der Waals surface area contributed by atoms with Gasteiger partial charge in [-0.1, -0.05) is 32.0 Å². The Hall–Kier alpha value is -0.850. The van der Waals surface area contributed by atoms with Crippen LogP contribution < -0.4 is 0 Å². The van der Waals surface area contributed by atoms with Gasteiger partial charge in [0.2, 0.25) is 0 Å². The number of rotatable bonds is 2. The third-order valence-corrected chi connectivity index (χ3v) is 1.87. The van der Waals surface area contributed by atoms with Gasteiger partial charge >= 0.3 is 0 Å². The summed E-state index contributed by atoms with van der Waals surface area (Å²) in [6.45, 7) is 2.31. The summed E-state index contributed by atoms with van der Waals surface area (Å²) >= 11 is 0. The molecule has 0 bridgehead atoms. The number of hydrogen-bond donors (Lipinski definition) is 0. The Balaban J connectivity index is 2.79. The van der Waals surface area contributed by atoms with E-state index in [0.717, 1.165) is 12.0 Å². The summed E-state index contributed by atoms with van der Waals surface area (Å²) in [5.41, 5.74) is 0.727. The maximum atomic E-state index is 13.1. The van der Waals surface area contributed by atoms with Crippen molar-refractivity contribution >= 4 is 0 Å².